The number of rotatable bonds is 4. The maximum Gasteiger partial charge on any atom is 0.227 e. The summed E-state index contributed by atoms with van der Waals surface area (Å²) in [6.07, 6.45) is 0. The van der Waals surface area contributed by atoms with Gasteiger partial charge in [0.1, 0.15) is 5.52 Å². The molecule has 4 rings (SSSR count). The van der Waals surface area contributed by atoms with Gasteiger partial charge in [-0.05, 0) is 42.0 Å². The molecule has 0 fully saturated rings. The molecule has 3 aromatic carbocycles. The molecule has 0 amide bonds. The molecule has 0 aliphatic carbocycles. The van der Waals surface area contributed by atoms with Crippen LogP contribution in [0.2, 0.25) is 0 Å². The molecule has 0 N–H and O–H groups in total. The Labute approximate surface area is 139 Å². The van der Waals surface area contributed by atoms with E-state index in [1.54, 1.807) is 0 Å². The van der Waals surface area contributed by atoms with Gasteiger partial charge in [-0.2, -0.15) is 0 Å². The van der Waals surface area contributed by atoms with Crippen molar-refractivity contribution in [1.82, 2.24) is 4.98 Å². The SMILES string of the molecule is c1ccc(CSc2ccc(-c3nc4ccccc4o3)cc2)cc1. The molecule has 0 aliphatic heterocycles. The van der Waals surface area contributed by atoms with Gasteiger partial charge in [-0.25, -0.2) is 4.98 Å². The zero-order valence-corrected chi connectivity index (χ0v) is 13.3. The zero-order valence-electron chi connectivity index (χ0n) is 12.5. The predicted octanol–water partition coefficient (Wildman–Crippen LogP) is 5.79. The molecule has 1 heterocycles. The first kappa shape index (κ1) is 14.1. The standard InChI is InChI=1S/C20H15NOS/c1-2-6-15(7-3-1)14-23-17-12-10-16(11-13-17)20-21-18-8-4-5-9-19(18)22-20/h1-13H,14H2. The summed E-state index contributed by atoms with van der Waals surface area (Å²) < 4.78 is 5.81. The number of para-hydroxylation sites is 2. The molecule has 0 bridgehead atoms. The van der Waals surface area contributed by atoms with Crippen LogP contribution in [0.15, 0.2) is 88.2 Å². The quantitative estimate of drug-likeness (QED) is 0.446. The lowest BCUT2D eigenvalue weighted by molar-refractivity contribution is 0.620. The summed E-state index contributed by atoms with van der Waals surface area (Å²) in [5.41, 5.74) is 4.06. The average Bonchev–Trinajstić information content (AvgIpc) is 3.05. The number of hydrogen-bond acceptors (Lipinski definition) is 3. The van der Waals surface area contributed by atoms with Crippen LogP contribution in [0.4, 0.5) is 0 Å². The summed E-state index contributed by atoms with van der Waals surface area (Å²) in [6, 6.07) is 26.7. The lowest BCUT2D eigenvalue weighted by atomic mass is 10.2. The van der Waals surface area contributed by atoms with Gasteiger partial charge in [0, 0.05) is 16.2 Å². The third-order valence-corrected chi connectivity index (χ3v) is 4.73. The fraction of sp³-hybridized carbons (Fsp3) is 0.0500. The van der Waals surface area contributed by atoms with Gasteiger partial charge < -0.3 is 4.42 Å². The minimum Gasteiger partial charge on any atom is -0.436 e. The summed E-state index contributed by atoms with van der Waals surface area (Å²) in [5, 5.41) is 0. The Morgan fingerprint density at radius 3 is 2.30 bits per heavy atom. The molecule has 3 heteroatoms. The summed E-state index contributed by atoms with van der Waals surface area (Å²) in [5.74, 6) is 1.65. The van der Waals surface area contributed by atoms with Crippen molar-refractivity contribution in [3.63, 3.8) is 0 Å². The second kappa shape index (κ2) is 6.31. The van der Waals surface area contributed by atoms with Crippen molar-refractivity contribution in [2.24, 2.45) is 0 Å². The predicted molar refractivity (Wildman–Crippen MR) is 95.4 cm³/mol. The maximum absolute atomic E-state index is 5.81. The van der Waals surface area contributed by atoms with Crippen molar-refractivity contribution in [1.29, 1.82) is 0 Å². The smallest absolute Gasteiger partial charge is 0.227 e. The average molecular weight is 317 g/mol. The fourth-order valence-electron chi connectivity index (χ4n) is 2.43. The number of fused-ring (bicyclic) bond motifs is 1. The van der Waals surface area contributed by atoms with E-state index in [0.717, 1.165) is 22.4 Å². The number of nitrogens with zero attached hydrogens (tertiary/aromatic N) is 1. The van der Waals surface area contributed by atoms with Gasteiger partial charge in [-0.1, -0.05) is 42.5 Å². The van der Waals surface area contributed by atoms with Crippen LogP contribution in [-0.2, 0) is 5.75 Å². The van der Waals surface area contributed by atoms with Crippen LogP contribution in [0, 0.1) is 0 Å². The Morgan fingerprint density at radius 2 is 1.52 bits per heavy atom. The number of oxazole rings is 1. The second-order valence-electron chi connectivity index (χ2n) is 5.29. The van der Waals surface area contributed by atoms with Gasteiger partial charge in [0.2, 0.25) is 5.89 Å². The fourth-order valence-corrected chi connectivity index (χ4v) is 3.28. The third kappa shape index (κ3) is 3.15. The highest BCUT2D eigenvalue weighted by molar-refractivity contribution is 7.98. The van der Waals surface area contributed by atoms with Crippen LogP contribution < -0.4 is 0 Å². The van der Waals surface area contributed by atoms with Crippen LogP contribution in [0.1, 0.15) is 5.56 Å². The highest BCUT2D eigenvalue weighted by atomic mass is 32.2. The topological polar surface area (TPSA) is 26.0 Å². The van der Waals surface area contributed by atoms with Gasteiger partial charge in [0.05, 0.1) is 0 Å². The van der Waals surface area contributed by atoms with Crippen molar-refractivity contribution >= 4 is 22.9 Å². The molecular formula is C20H15NOS. The summed E-state index contributed by atoms with van der Waals surface area (Å²) in [7, 11) is 0. The molecule has 1 aromatic heterocycles. The maximum atomic E-state index is 5.81. The highest BCUT2D eigenvalue weighted by Crippen LogP contribution is 2.28. The molecule has 0 spiro atoms. The normalized spacial score (nSPS) is 11.0. The first-order chi connectivity index (χ1) is 11.4. The Bertz CT molecular complexity index is 880. The lowest BCUT2D eigenvalue weighted by Crippen LogP contribution is -1.81. The molecule has 0 saturated heterocycles. The van der Waals surface area contributed by atoms with Gasteiger partial charge in [0.15, 0.2) is 5.58 Å². The number of benzene rings is 3. The number of hydrogen-bond donors (Lipinski definition) is 0. The summed E-state index contributed by atoms with van der Waals surface area (Å²) >= 11 is 1.83. The Kier molecular flexibility index (Phi) is 3.86. The van der Waals surface area contributed by atoms with Crippen LogP contribution in [0.3, 0.4) is 0 Å². The monoisotopic (exact) mass is 317 g/mol. The molecule has 112 valence electrons. The Hall–Kier alpha value is -2.52. The Balaban J connectivity index is 1.51. The molecule has 0 saturated carbocycles. The van der Waals surface area contributed by atoms with E-state index in [4.69, 9.17) is 4.42 Å². The van der Waals surface area contributed by atoms with E-state index in [-0.39, 0.29) is 0 Å². The van der Waals surface area contributed by atoms with Crippen molar-refractivity contribution in [2.45, 2.75) is 10.6 Å². The van der Waals surface area contributed by atoms with E-state index >= 15 is 0 Å². The summed E-state index contributed by atoms with van der Waals surface area (Å²) in [4.78, 5) is 5.78. The third-order valence-electron chi connectivity index (χ3n) is 3.64. The largest absolute Gasteiger partial charge is 0.436 e. The Morgan fingerprint density at radius 1 is 0.783 bits per heavy atom. The van der Waals surface area contributed by atoms with E-state index in [9.17, 15) is 0 Å². The number of aromatic nitrogens is 1. The van der Waals surface area contributed by atoms with Crippen molar-refractivity contribution < 1.29 is 4.42 Å². The van der Waals surface area contributed by atoms with Gasteiger partial charge in [0.25, 0.3) is 0 Å². The van der Waals surface area contributed by atoms with Crippen molar-refractivity contribution in [3.8, 4) is 11.5 Å². The van der Waals surface area contributed by atoms with Gasteiger partial charge in [-0.3, -0.25) is 0 Å². The minimum absolute atomic E-state index is 0.672. The first-order valence-electron chi connectivity index (χ1n) is 7.51. The highest BCUT2D eigenvalue weighted by Gasteiger charge is 2.07. The van der Waals surface area contributed by atoms with E-state index in [1.165, 1.54) is 10.5 Å². The van der Waals surface area contributed by atoms with E-state index in [0.29, 0.717) is 5.89 Å². The lowest BCUT2D eigenvalue weighted by Gasteiger charge is -2.02. The molecule has 0 unspecified atom stereocenters. The molecule has 0 aliphatic rings. The molecule has 4 aromatic rings. The van der Waals surface area contributed by atoms with Crippen molar-refractivity contribution in [3.05, 3.63) is 84.4 Å². The summed E-state index contributed by atoms with van der Waals surface area (Å²) in [6.45, 7) is 0. The molecule has 0 atom stereocenters. The van der Waals surface area contributed by atoms with Gasteiger partial charge in [-0.15, -0.1) is 11.8 Å². The molecular weight excluding hydrogens is 302 g/mol. The molecule has 0 radical (unpaired) electrons. The molecule has 2 nitrogen and oxygen atoms in total. The van der Waals surface area contributed by atoms with Crippen LogP contribution in [0.5, 0.6) is 0 Å². The van der Waals surface area contributed by atoms with Crippen molar-refractivity contribution in [2.75, 3.05) is 0 Å². The van der Waals surface area contributed by atoms with E-state index in [2.05, 4.69) is 53.5 Å². The van der Waals surface area contributed by atoms with Crippen LogP contribution in [-0.4, -0.2) is 4.98 Å². The van der Waals surface area contributed by atoms with Gasteiger partial charge >= 0.3 is 0 Å². The van der Waals surface area contributed by atoms with Crippen LogP contribution >= 0.6 is 11.8 Å². The van der Waals surface area contributed by atoms with E-state index in [1.807, 2.05) is 42.1 Å². The first-order valence-corrected chi connectivity index (χ1v) is 8.50. The second-order valence-corrected chi connectivity index (χ2v) is 6.33. The minimum atomic E-state index is 0.672. The van der Waals surface area contributed by atoms with E-state index < -0.39 is 0 Å². The molecule has 23 heavy (non-hydrogen) atoms. The zero-order chi connectivity index (χ0) is 15.5. The number of thioether (sulfide) groups is 1. The van der Waals surface area contributed by atoms with Crippen LogP contribution in [0.25, 0.3) is 22.6 Å².